The molecule has 0 aliphatic heterocycles. The third-order valence-electron chi connectivity index (χ3n) is 8.85. The fourth-order valence-corrected chi connectivity index (χ4v) is 6.13. The summed E-state index contributed by atoms with van der Waals surface area (Å²) in [5.74, 6) is 0. The van der Waals surface area contributed by atoms with Gasteiger partial charge < -0.3 is 0 Å². The van der Waals surface area contributed by atoms with E-state index in [9.17, 15) is 0 Å². The molecule has 1 heterocycles. The molecule has 0 amide bonds. The molecule has 0 radical (unpaired) electrons. The van der Waals surface area contributed by atoms with Crippen LogP contribution in [0.5, 0.6) is 0 Å². The first kappa shape index (κ1) is 28.3. The Hall–Kier alpha value is -5.53. The van der Waals surface area contributed by atoms with Crippen LogP contribution in [-0.2, 0) is 5.41 Å². The van der Waals surface area contributed by atoms with E-state index in [0.717, 1.165) is 11.3 Å². The molecule has 0 fully saturated rings. The van der Waals surface area contributed by atoms with Gasteiger partial charge in [-0.05, 0) is 92.0 Å². The Morgan fingerprint density at radius 2 is 0.733 bits per heavy atom. The predicted molar refractivity (Wildman–Crippen MR) is 190 cm³/mol. The van der Waals surface area contributed by atoms with Gasteiger partial charge in [0.15, 0.2) is 0 Å². The molecule has 6 aromatic carbocycles. The van der Waals surface area contributed by atoms with Gasteiger partial charge in [0.25, 0.3) is 0 Å². The first-order valence-corrected chi connectivity index (χ1v) is 15.5. The number of hydrogen-bond acceptors (Lipinski definition) is 1. The van der Waals surface area contributed by atoms with Crippen molar-refractivity contribution in [2.45, 2.75) is 19.3 Å². The molecule has 0 N–H and O–H groups in total. The number of nitrogens with zero attached hydrogens (tertiary/aromatic N) is 1. The van der Waals surface area contributed by atoms with Gasteiger partial charge in [-0.2, -0.15) is 0 Å². The zero-order chi connectivity index (χ0) is 30.6. The minimum atomic E-state index is -0.0543. The van der Waals surface area contributed by atoms with Crippen molar-refractivity contribution in [2.24, 2.45) is 0 Å². The number of aromatic nitrogens is 1. The molecule has 0 saturated heterocycles. The first-order valence-electron chi connectivity index (χ1n) is 15.5. The lowest BCUT2D eigenvalue weighted by molar-refractivity contribution is 0.641. The third-order valence-corrected chi connectivity index (χ3v) is 8.85. The van der Waals surface area contributed by atoms with E-state index >= 15 is 0 Å². The fourth-order valence-electron chi connectivity index (χ4n) is 6.13. The van der Waals surface area contributed by atoms with Crippen LogP contribution in [0, 0.1) is 0 Å². The van der Waals surface area contributed by atoms with Crippen molar-refractivity contribution in [2.75, 3.05) is 0 Å². The minimum absolute atomic E-state index is 0.0543. The summed E-state index contributed by atoms with van der Waals surface area (Å²) in [5, 5.41) is 0. The van der Waals surface area contributed by atoms with E-state index in [4.69, 9.17) is 0 Å². The van der Waals surface area contributed by atoms with Crippen LogP contribution in [0.4, 0.5) is 0 Å². The van der Waals surface area contributed by atoms with Gasteiger partial charge >= 0.3 is 0 Å². The molecule has 0 bridgehead atoms. The van der Waals surface area contributed by atoms with Gasteiger partial charge in [0.05, 0.1) is 5.69 Å². The van der Waals surface area contributed by atoms with Gasteiger partial charge in [0.1, 0.15) is 0 Å². The lowest BCUT2D eigenvalue weighted by atomic mass is 9.78. The Kier molecular flexibility index (Phi) is 7.68. The van der Waals surface area contributed by atoms with E-state index in [1.54, 1.807) is 0 Å². The maximum atomic E-state index is 4.54. The van der Waals surface area contributed by atoms with Crippen molar-refractivity contribution in [1.29, 1.82) is 0 Å². The van der Waals surface area contributed by atoms with Crippen molar-refractivity contribution < 1.29 is 0 Å². The summed E-state index contributed by atoms with van der Waals surface area (Å²) < 4.78 is 0. The second kappa shape index (κ2) is 12.2. The molecular weight excluding hydrogens is 542 g/mol. The van der Waals surface area contributed by atoms with Gasteiger partial charge in [-0.25, -0.2) is 0 Å². The quantitative estimate of drug-likeness (QED) is 0.184. The van der Waals surface area contributed by atoms with Crippen LogP contribution in [0.3, 0.4) is 0 Å². The molecule has 0 aliphatic rings. The van der Waals surface area contributed by atoms with Crippen molar-refractivity contribution >= 4 is 0 Å². The Morgan fingerprint density at radius 1 is 0.333 bits per heavy atom. The monoisotopic (exact) mass is 577 g/mol. The predicted octanol–water partition coefficient (Wildman–Crippen LogP) is 11.7. The smallest absolute Gasteiger partial charge is 0.0702 e. The molecule has 7 aromatic rings. The van der Waals surface area contributed by atoms with Crippen molar-refractivity contribution in [3.8, 4) is 55.8 Å². The van der Waals surface area contributed by atoms with E-state index < -0.39 is 0 Å². The number of rotatable bonds is 7. The highest BCUT2D eigenvalue weighted by atomic mass is 14.7. The highest BCUT2D eigenvalue weighted by Crippen LogP contribution is 2.35. The van der Waals surface area contributed by atoms with Gasteiger partial charge in [-0.1, -0.05) is 147 Å². The van der Waals surface area contributed by atoms with Crippen molar-refractivity contribution in [3.63, 3.8) is 0 Å². The molecule has 45 heavy (non-hydrogen) atoms. The molecular formula is C44H35N. The average Bonchev–Trinajstić information content (AvgIpc) is 3.13. The first-order chi connectivity index (χ1) is 22.0. The Labute approximate surface area is 266 Å². The molecule has 1 heteroatoms. The summed E-state index contributed by atoms with van der Waals surface area (Å²) in [5.41, 5.74) is 14.3. The normalized spacial score (nSPS) is 11.3. The largest absolute Gasteiger partial charge is 0.256 e. The van der Waals surface area contributed by atoms with Crippen LogP contribution < -0.4 is 0 Å². The summed E-state index contributed by atoms with van der Waals surface area (Å²) in [7, 11) is 0. The zero-order valence-corrected chi connectivity index (χ0v) is 25.7. The molecule has 0 aliphatic carbocycles. The summed E-state index contributed by atoms with van der Waals surface area (Å²) >= 11 is 0. The minimum Gasteiger partial charge on any atom is -0.256 e. The third kappa shape index (κ3) is 5.98. The summed E-state index contributed by atoms with van der Waals surface area (Å²) in [6, 6.07) is 61.0. The van der Waals surface area contributed by atoms with Crippen LogP contribution in [0.1, 0.15) is 25.0 Å². The lowest BCUT2D eigenvalue weighted by Crippen LogP contribution is -2.18. The molecule has 0 unspecified atom stereocenters. The maximum absolute atomic E-state index is 4.54. The van der Waals surface area contributed by atoms with E-state index in [-0.39, 0.29) is 5.41 Å². The highest BCUT2D eigenvalue weighted by Gasteiger charge is 2.22. The van der Waals surface area contributed by atoms with Crippen molar-refractivity contribution in [3.05, 3.63) is 187 Å². The van der Waals surface area contributed by atoms with Crippen LogP contribution in [0.15, 0.2) is 176 Å². The summed E-state index contributed by atoms with van der Waals surface area (Å²) in [4.78, 5) is 4.54. The van der Waals surface area contributed by atoms with Crippen LogP contribution in [0.2, 0.25) is 0 Å². The maximum Gasteiger partial charge on any atom is 0.0702 e. The summed E-state index contributed by atoms with van der Waals surface area (Å²) in [6.07, 6.45) is 1.84. The molecule has 1 aromatic heterocycles. The molecule has 216 valence electrons. The van der Waals surface area contributed by atoms with Gasteiger partial charge in [0, 0.05) is 17.2 Å². The lowest BCUT2D eigenvalue weighted by Gasteiger charge is -2.26. The van der Waals surface area contributed by atoms with E-state index in [2.05, 4.69) is 177 Å². The van der Waals surface area contributed by atoms with Crippen LogP contribution in [0.25, 0.3) is 55.8 Å². The molecule has 0 atom stereocenters. The van der Waals surface area contributed by atoms with Crippen molar-refractivity contribution in [1.82, 2.24) is 4.98 Å². The standard InChI is InChI=1S/C44H35N/c1-44(2,41-20-4-3-5-21-41)42-25-23-32(24-26-42)33-12-8-13-34(28-33)35-14-9-15-36(29-35)37-16-10-17-38(30-37)39-18-11-19-40(31-39)43-22-6-7-27-45-43/h3-31H,1-2H3. The van der Waals surface area contributed by atoms with Gasteiger partial charge in [-0.3, -0.25) is 4.98 Å². The number of pyridine rings is 1. The number of benzene rings is 6. The van der Waals surface area contributed by atoms with E-state index in [0.29, 0.717) is 0 Å². The Bertz CT molecular complexity index is 2060. The Balaban J connectivity index is 1.15. The second-order valence-corrected chi connectivity index (χ2v) is 12.1. The molecule has 1 nitrogen and oxygen atoms in total. The van der Waals surface area contributed by atoms with E-state index in [1.165, 1.54) is 55.6 Å². The second-order valence-electron chi connectivity index (χ2n) is 12.1. The molecule has 0 saturated carbocycles. The highest BCUT2D eigenvalue weighted by molar-refractivity contribution is 5.80. The summed E-state index contributed by atoms with van der Waals surface area (Å²) in [6.45, 7) is 4.58. The van der Waals surface area contributed by atoms with Gasteiger partial charge in [0.2, 0.25) is 0 Å². The fraction of sp³-hybridized carbons (Fsp3) is 0.0682. The van der Waals surface area contributed by atoms with E-state index in [1.807, 2.05) is 18.3 Å². The SMILES string of the molecule is CC(C)(c1ccccc1)c1ccc(-c2cccc(-c3cccc(-c4cccc(-c5cccc(-c6ccccn6)c5)c4)c3)c2)cc1. The zero-order valence-electron chi connectivity index (χ0n) is 25.7. The van der Waals surface area contributed by atoms with Crippen LogP contribution in [-0.4, -0.2) is 4.98 Å². The van der Waals surface area contributed by atoms with Gasteiger partial charge in [-0.15, -0.1) is 0 Å². The van der Waals surface area contributed by atoms with Crippen LogP contribution >= 0.6 is 0 Å². The molecule has 7 rings (SSSR count). The molecule has 0 spiro atoms. The Morgan fingerprint density at radius 3 is 1.20 bits per heavy atom. The average molecular weight is 578 g/mol. The topological polar surface area (TPSA) is 12.9 Å². The number of hydrogen-bond donors (Lipinski definition) is 0.